The monoisotopic (exact) mass is 263 g/mol. The summed E-state index contributed by atoms with van der Waals surface area (Å²) in [6.45, 7) is 2.16. The summed E-state index contributed by atoms with van der Waals surface area (Å²) in [6.07, 6.45) is 4.99. The fraction of sp³-hybridized carbons (Fsp3) is 0.625. The van der Waals surface area contributed by atoms with Crippen LogP contribution in [-0.2, 0) is 6.54 Å². The lowest BCUT2D eigenvalue weighted by molar-refractivity contribution is 0.133. The van der Waals surface area contributed by atoms with Crippen molar-refractivity contribution in [2.45, 2.75) is 32.2 Å². The van der Waals surface area contributed by atoms with E-state index in [2.05, 4.69) is 11.4 Å². The Balaban J connectivity index is 1.82. The van der Waals surface area contributed by atoms with Crippen molar-refractivity contribution >= 4 is 0 Å². The third-order valence-electron chi connectivity index (χ3n) is 4.22. The molecule has 0 aromatic heterocycles. The fourth-order valence-electron chi connectivity index (χ4n) is 3.03. The lowest BCUT2D eigenvalue weighted by Gasteiger charge is -2.30. The molecule has 106 valence electrons. The normalized spacial score (nSPS) is 23.3. The molecule has 19 heavy (non-hydrogen) atoms. The highest BCUT2D eigenvalue weighted by Gasteiger charge is 2.23. The van der Waals surface area contributed by atoms with Crippen molar-refractivity contribution in [2.24, 2.45) is 11.8 Å². The molecule has 0 spiro atoms. The van der Waals surface area contributed by atoms with E-state index in [1.54, 1.807) is 7.11 Å². The van der Waals surface area contributed by atoms with Gasteiger partial charge in [0.2, 0.25) is 0 Å². The molecule has 0 heterocycles. The minimum Gasteiger partial charge on any atom is -0.496 e. The number of aliphatic hydroxyl groups excluding tert-OH is 1. The number of nitrogens with one attached hydrogen (secondary N) is 1. The molecule has 1 aromatic carbocycles. The first-order valence-electron chi connectivity index (χ1n) is 7.28. The van der Waals surface area contributed by atoms with Crippen LogP contribution in [0.5, 0.6) is 5.75 Å². The van der Waals surface area contributed by atoms with Gasteiger partial charge in [0.1, 0.15) is 5.75 Å². The highest BCUT2D eigenvalue weighted by Crippen LogP contribution is 2.29. The molecule has 2 N–H and O–H groups in total. The number of rotatable bonds is 6. The topological polar surface area (TPSA) is 41.5 Å². The summed E-state index contributed by atoms with van der Waals surface area (Å²) in [4.78, 5) is 0. The van der Waals surface area contributed by atoms with Crippen molar-refractivity contribution in [1.82, 2.24) is 5.32 Å². The van der Waals surface area contributed by atoms with Gasteiger partial charge in [0.05, 0.1) is 7.11 Å². The summed E-state index contributed by atoms with van der Waals surface area (Å²) < 4.78 is 5.35. The first-order chi connectivity index (χ1) is 9.35. The van der Waals surface area contributed by atoms with Crippen LogP contribution in [0.4, 0.5) is 0 Å². The van der Waals surface area contributed by atoms with Gasteiger partial charge in [0, 0.05) is 18.7 Å². The van der Waals surface area contributed by atoms with Gasteiger partial charge >= 0.3 is 0 Å². The van der Waals surface area contributed by atoms with Gasteiger partial charge in [0.15, 0.2) is 0 Å². The molecule has 1 aliphatic carbocycles. The molecule has 0 amide bonds. The molecule has 3 nitrogen and oxygen atoms in total. The lowest BCUT2D eigenvalue weighted by Crippen LogP contribution is -2.32. The van der Waals surface area contributed by atoms with Gasteiger partial charge in [-0.05, 0) is 37.3 Å². The van der Waals surface area contributed by atoms with E-state index in [9.17, 15) is 5.11 Å². The molecule has 1 aliphatic rings. The van der Waals surface area contributed by atoms with Crippen molar-refractivity contribution in [3.8, 4) is 5.75 Å². The van der Waals surface area contributed by atoms with E-state index in [0.717, 1.165) is 18.8 Å². The van der Waals surface area contributed by atoms with E-state index >= 15 is 0 Å². The largest absolute Gasteiger partial charge is 0.496 e. The molecule has 1 saturated carbocycles. The Morgan fingerprint density at radius 1 is 1.21 bits per heavy atom. The Hall–Kier alpha value is -1.06. The van der Waals surface area contributed by atoms with Gasteiger partial charge in [-0.15, -0.1) is 0 Å². The second-order valence-corrected chi connectivity index (χ2v) is 5.43. The summed E-state index contributed by atoms with van der Waals surface area (Å²) >= 11 is 0. The van der Waals surface area contributed by atoms with E-state index < -0.39 is 0 Å². The SMILES string of the molecule is COc1ccccc1CNCC1CCCCC1CO. The molecular weight excluding hydrogens is 238 g/mol. The Bertz CT molecular complexity index is 381. The molecule has 1 aromatic rings. The number of benzene rings is 1. The molecule has 1 fully saturated rings. The average Bonchev–Trinajstić information content (AvgIpc) is 2.48. The molecule has 0 radical (unpaired) electrons. The molecule has 3 heteroatoms. The van der Waals surface area contributed by atoms with Crippen molar-refractivity contribution < 1.29 is 9.84 Å². The van der Waals surface area contributed by atoms with Gasteiger partial charge in [-0.25, -0.2) is 0 Å². The summed E-state index contributed by atoms with van der Waals surface area (Å²) in [5.41, 5.74) is 1.20. The van der Waals surface area contributed by atoms with Crippen LogP contribution in [0.2, 0.25) is 0 Å². The maximum atomic E-state index is 9.41. The van der Waals surface area contributed by atoms with Crippen molar-refractivity contribution in [1.29, 1.82) is 0 Å². The maximum Gasteiger partial charge on any atom is 0.123 e. The Morgan fingerprint density at radius 2 is 1.95 bits per heavy atom. The predicted molar refractivity (Wildman–Crippen MR) is 77.2 cm³/mol. The summed E-state index contributed by atoms with van der Waals surface area (Å²) in [5, 5.41) is 12.9. The second-order valence-electron chi connectivity index (χ2n) is 5.43. The minimum absolute atomic E-state index is 0.334. The quantitative estimate of drug-likeness (QED) is 0.829. The van der Waals surface area contributed by atoms with Gasteiger partial charge in [-0.2, -0.15) is 0 Å². The molecule has 2 atom stereocenters. The van der Waals surface area contributed by atoms with Crippen molar-refractivity contribution in [2.75, 3.05) is 20.3 Å². The molecule has 2 rings (SSSR count). The van der Waals surface area contributed by atoms with Crippen LogP contribution in [0.15, 0.2) is 24.3 Å². The number of para-hydroxylation sites is 1. The van der Waals surface area contributed by atoms with Crippen molar-refractivity contribution in [3.05, 3.63) is 29.8 Å². The average molecular weight is 263 g/mol. The zero-order chi connectivity index (χ0) is 13.5. The third kappa shape index (κ3) is 3.95. The van der Waals surface area contributed by atoms with Crippen LogP contribution in [-0.4, -0.2) is 25.4 Å². The van der Waals surface area contributed by atoms with Crippen LogP contribution in [0.1, 0.15) is 31.2 Å². The molecule has 0 saturated heterocycles. The van der Waals surface area contributed by atoms with E-state index in [-0.39, 0.29) is 0 Å². The van der Waals surface area contributed by atoms with Crippen molar-refractivity contribution in [3.63, 3.8) is 0 Å². The first kappa shape index (κ1) is 14.4. The van der Waals surface area contributed by atoms with Crippen LogP contribution in [0.3, 0.4) is 0 Å². The zero-order valence-corrected chi connectivity index (χ0v) is 11.8. The Labute approximate surface area is 116 Å². The first-order valence-corrected chi connectivity index (χ1v) is 7.28. The zero-order valence-electron chi connectivity index (χ0n) is 11.8. The molecule has 2 unspecified atom stereocenters. The van der Waals surface area contributed by atoms with Gasteiger partial charge in [-0.1, -0.05) is 31.0 Å². The third-order valence-corrected chi connectivity index (χ3v) is 4.22. The molecule has 0 bridgehead atoms. The number of methoxy groups -OCH3 is 1. The Morgan fingerprint density at radius 3 is 2.68 bits per heavy atom. The van der Waals surface area contributed by atoms with E-state index in [0.29, 0.717) is 18.4 Å². The standard InChI is InChI=1S/C16H25NO2/c1-19-16-9-5-4-7-14(16)11-17-10-13-6-2-3-8-15(13)12-18/h4-5,7,9,13,15,17-18H,2-3,6,8,10-12H2,1H3. The molecular formula is C16H25NO2. The number of ether oxygens (including phenoxy) is 1. The maximum absolute atomic E-state index is 9.41. The molecule has 0 aliphatic heterocycles. The van der Waals surface area contributed by atoms with Gasteiger partial charge < -0.3 is 15.2 Å². The van der Waals surface area contributed by atoms with Crippen LogP contribution in [0, 0.1) is 11.8 Å². The number of aliphatic hydroxyl groups is 1. The summed E-state index contributed by atoms with van der Waals surface area (Å²) in [6, 6.07) is 8.12. The highest BCUT2D eigenvalue weighted by atomic mass is 16.5. The van der Waals surface area contributed by atoms with E-state index in [4.69, 9.17) is 4.74 Å². The summed E-state index contributed by atoms with van der Waals surface area (Å²) in [5.74, 6) is 2.05. The van der Waals surface area contributed by atoms with Gasteiger partial charge in [0.25, 0.3) is 0 Å². The van der Waals surface area contributed by atoms with Crippen LogP contribution >= 0.6 is 0 Å². The van der Waals surface area contributed by atoms with Crippen LogP contribution < -0.4 is 10.1 Å². The van der Waals surface area contributed by atoms with E-state index in [1.807, 2.05) is 18.2 Å². The number of hydrogen-bond acceptors (Lipinski definition) is 3. The minimum atomic E-state index is 0.334. The predicted octanol–water partition coefficient (Wildman–Crippen LogP) is 2.58. The number of hydrogen-bond donors (Lipinski definition) is 2. The van der Waals surface area contributed by atoms with Crippen LogP contribution in [0.25, 0.3) is 0 Å². The highest BCUT2D eigenvalue weighted by molar-refractivity contribution is 5.32. The smallest absolute Gasteiger partial charge is 0.123 e. The Kier molecular flexibility index (Phi) is 5.67. The second kappa shape index (κ2) is 7.51. The fourth-order valence-corrected chi connectivity index (χ4v) is 3.03. The van der Waals surface area contributed by atoms with E-state index in [1.165, 1.54) is 31.2 Å². The van der Waals surface area contributed by atoms with Gasteiger partial charge in [-0.3, -0.25) is 0 Å². The summed E-state index contributed by atoms with van der Waals surface area (Å²) in [7, 11) is 1.71. The lowest BCUT2D eigenvalue weighted by atomic mass is 9.79.